The van der Waals surface area contributed by atoms with E-state index in [1.54, 1.807) is 0 Å². The average Bonchev–Trinajstić information content (AvgIpc) is 3.13. The molecule has 1 aromatic rings. The van der Waals surface area contributed by atoms with Crippen molar-refractivity contribution in [2.75, 3.05) is 32.8 Å². The van der Waals surface area contributed by atoms with Gasteiger partial charge in [0.15, 0.2) is 0 Å². The number of hydrogen-bond donors (Lipinski definition) is 0. The molecule has 6 nitrogen and oxygen atoms in total. The molecule has 1 aromatic heterocycles. The number of ether oxygens (including phenoxy) is 1. The van der Waals surface area contributed by atoms with Gasteiger partial charge in [0.25, 0.3) is 0 Å². The van der Waals surface area contributed by atoms with E-state index >= 15 is 0 Å². The van der Waals surface area contributed by atoms with Gasteiger partial charge in [0.2, 0.25) is 5.91 Å². The highest BCUT2D eigenvalue weighted by atomic mass is 16.5. The van der Waals surface area contributed by atoms with Crippen molar-refractivity contribution in [2.45, 2.75) is 44.8 Å². The van der Waals surface area contributed by atoms with Crippen molar-refractivity contribution in [1.82, 2.24) is 19.6 Å². The van der Waals surface area contributed by atoms with Crippen molar-refractivity contribution >= 4 is 5.91 Å². The molecule has 0 unspecified atom stereocenters. The van der Waals surface area contributed by atoms with Crippen molar-refractivity contribution in [2.24, 2.45) is 7.05 Å². The third kappa shape index (κ3) is 4.78. The van der Waals surface area contributed by atoms with Gasteiger partial charge in [-0.1, -0.05) is 0 Å². The molecule has 1 amide bonds. The molecule has 0 aromatic carbocycles. The Morgan fingerprint density at radius 3 is 2.96 bits per heavy atom. The first-order chi connectivity index (χ1) is 11.2. The van der Waals surface area contributed by atoms with Crippen molar-refractivity contribution in [3.8, 4) is 0 Å². The average molecular weight is 320 g/mol. The fourth-order valence-corrected chi connectivity index (χ4v) is 3.50. The molecule has 2 aliphatic rings. The van der Waals surface area contributed by atoms with E-state index in [1.165, 1.54) is 5.56 Å². The van der Waals surface area contributed by atoms with E-state index < -0.39 is 0 Å². The Morgan fingerprint density at radius 2 is 2.22 bits per heavy atom. The van der Waals surface area contributed by atoms with Crippen molar-refractivity contribution in [3.63, 3.8) is 0 Å². The highest BCUT2D eigenvalue weighted by molar-refractivity contribution is 5.76. The Balaban J connectivity index is 1.42. The van der Waals surface area contributed by atoms with E-state index in [0.717, 1.165) is 65.0 Å². The second kappa shape index (κ2) is 7.93. The molecule has 2 saturated heterocycles. The Hall–Kier alpha value is -1.40. The first kappa shape index (κ1) is 16.5. The van der Waals surface area contributed by atoms with Crippen LogP contribution in [-0.2, 0) is 23.1 Å². The van der Waals surface area contributed by atoms with Crippen molar-refractivity contribution in [3.05, 3.63) is 18.0 Å². The predicted molar refractivity (Wildman–Crippen MR) is 87.9 cm³/mol. The second-order valence-electron chi connectivity index (χ2n) is 6.71. The minimum atomic E-state index is 0.295. The molecular formula is C17H28N4O2. The minimum Gasteiger partial charge on any atom is -0.378 e. The van der Waals surface area contributed by atoms with E-state index in [2.05, 4.69) is 16.2 Å². The Labute approximate surface area is 138 Å². The second-order valence-corrected chi connectivity index (χ2v) is 6.71. The van der Waals surface area contributed by atoms with Crippen LogP contribution in [0.1, 0.15) is 37.7 Å². The number of amides is 1. The molecular weight excluding hydrogens is 292 g/mol. The van der Waals surface area contributed by atoms with E-state index in [4.69, 9.17) is 4.74 Å². The monoisotopic (exact) mass is 320 g/mol. The van der Waals surface area contributed by atoms with Crippen LogP contribution in [0.3, 0.4) is 0 Å². The van der Waals surface area contributed by atoms with Crippen LogP contribution < -0.4 is 0 Å². The number of aromatic nitrogens is 2. The highest BCUT2D eigenvalue weighted by Gasteiger charge is 2.22. The van der Waals surface area contributed by atoms with E-state index in [9.17, 15) is 4.79 Å². The molecule has 2 aliphatic heterocycles. The van der Waals surface area contributed by atoms with Crippen LogP contribution in [0.15, 0.2) is 12.4 Å². The van der Waals surface area contributed by atoms with Gasteiger partial charge in [0.1, 0.15) is 0 Å². The molecule has 0 saturated carbocycles. The molecule has 3 rings (SSSR count). The Bertz CT molecular complexity index is 510. The summed E-state index contributed by atoms with van der Waals surface area (Å²) in [5.41, 5.74) is 1.24. The molecule has 0 N–H and O–H groups in total. The lowest BCUT2D eigenvalue weighted by Crippen LogP contribution is -2.35. The minimum absolute atomic E-state index is 0.295. The zero-order chi connectivity index (χ0) is 16.1. The lowest BCUT2D eigenvalue weighted by atomic mass is 10.1. The highest BCUT2D eigenvalue weighted by Crippen LogP contribution is 2.18. The first-order valence-electron chi connectivity index (χ1n) is 8.80. The summed E-state index contributed by atoms with van der Waals surface area (Å²) in [7, 11) is 1.94. The standard InChI is InChI=1S/C17H28N4O2/c1-19-13-15(12-18-19)14-20-7-3-8-21(10-9-20)17(22)6-5-16-4-2-11-23-16/h12-13,16H,2-11,14H2,1H3/t16-/m0/s1. The molecule has 128 valence electrons. The Morgan fingerprint density at radius 1 is 1.30 bits per heavy atom. The summed E-state index contributed by atoms with van der Waals surface area (Å²) in [6.07, 6.45) is 9.13. The predicted octanol–water partition coefficient (Wildman–Crippen LogP) is 1.41. The lowest BCUT2D eigenvalue weighted by molar-refractivity contribution is -0.131. The van der Waals surface area contributed by atoms with Crippen molar-refractivity contribution in [1.29, 1.82) is 0 Å². The quantitative estimate of drug-likeness (QED) is 0.823. The summed E-state index contributed by atoms with van der Waals surface area (Å²) in [6.45, 7) is 5.50. The van der Waals surface area contributed by atoms with E-state index in [0.29, 0.717) is 18.4 Å². The smallest absolute Gasteiger partial charge is 0.222 e. The zero-order valence-corrected chi connectivity index (χ0v) is 14.1. The maximum atomic E-state index is 12.4. The van der Waals surface area contributed by atoms with Gasteiger partial charge >= 0.3 is 0 Å². The molecule has 3 heterocycles. The number of carbonyl (C=O) groups is 1. The molecule has 2 fully saturated rings. The molecule has 6 heteroatoms. The zero-order valence-electron chi connectivity index (χ0n) is 14.1. The first-order valence-corrected chi connectivity index (χ1v) is 8.80. The maximum absolute atomic E-state index is 12.4. The topological polar surface area (TPSA) is 50.6 Å². The van der Waals surface area contributed by atoms with Crippen molar-refractivity contribution < 1.29 is 9.53 Å². The van der Waals surface area contributed by atoms with Crippen LogP contribution in [0.25, 0.3) is 0 Å². The maximum Gasteiger partial charge on any atom is 0.222 e. The fraction of sp³-hybridized carbons (Fsp3) is 0.765. The summed E-state index contributed by atoms with van der Waals surface area (Å²) in [5.74, 6) is 0.295. The van der Waals surface area contributed by atoms with Crippen LogP contribution in [0.4, 0.5) is 0 Å². The summed E-state index contributed by atoms with van der Waals surface area (Å²) in [5, 5.41) is 4.22. The molecule has 0 aliphatic carbocycles. The van der Waals surface area contributed by atoms with Gasteiger partial charge in [-0.25, -0.2) is 0 Å². The van der Waals surface area contributed by atoms with Gasteiger partial charge in [-0.15, -0.1) is 0 Å². The summed E-state index contributed by atoms with van der Waals surface area (Å²) < 4.78 is 7.46. The fourth-order valence-electron chi connectivity index (χ4n) is 3.50. The van der Waals surface area contributed by atoms with Gasteiger partial charge in [0.05, 0.1) is 12.3 Å². The normalized spacial score (nSPS) is 23.2. The van der Waals surface area contributed by atoms with Gasteiger partial charge in [-0.05, 0) is 25.7 Å². The van der Waals surface area contributed by atoms with Crippen LogP contribution in [0.5, 0.6) is 0 Å². The molecule has 1 atom stereocenters. The third-order valence-electron chi connectivity index (χ3n) is 4.81. The number of hydrogen-bond acceptors (Lipinski definition) is 4. The van der Waals surface area contributed by atoms with Gasteiger partial charge in [-0.3, -0.25) is 14.4 Å². The SMILES string of the molecule is Cn1cc(CN2CCCN(C(=O)CC[C@@H]3CCCO3)CC2)cn1. The summed E-state index contributed by atoms with van der Waals surface area (Å²) in [4.78, 5) is 16.9. The van der Waals surface area contributed by atoms with Gasteiger partial charge in [0, 0.05) is 64.6 Å². The van der Waals surface area contributed by atoms with E-state index in [1.807, 2.05) is 22.8 Å². The van der Waals surface area contributed by atoms with E-state index in [-0.39, 0.29) is 0 Å². The largest absolute Gasteiger partial charge is 0.378 e. The number of nitrogens with zero attached hydrogens (tertiary/aromatic N) is 4. The molecule has 0 bridgehead atoms. The molecule has 0 radical (unpaired) electrons. The van der Waals surface area contributed by atoms with Crippen LogP contribution >= 0.6 is 0 Å². The summed E-state index contributed by atoms with van der Waals surface area (Å²) >= 11 is 0. The van der Waals surface area contributed by atoms with Crippen LogP contribution in [0, 0.1) is 0 Å². The molecule has 23 heavy (non-hydrogen) atoms. The molecule has 0 spiro atoms. The number of rotatable bonds is 5. The van der Waals surface area contributed by atoms with Crippen LogP contribution in [-0.4, -0.2) is 64.4 Å². The third-order valence-corrected chi connectivity index (χ3v) is 4.81. The Kier molecular flexibility index (Phi) is 5.67. The van der Waals surface area contributed by atoms with Crippen LogP contribution in [0.2, 0.25) is 0 Å². The lowest BCUT2D eigenvalue weighted by Gasteiger charge is -2.22. The van der Waals surface area contributed by atoms with Gasteiger partial charge in [-0.2, -0.15) is 5.10 Å². The number of carbonyl (C=O) groups excluding carboxylic acids is 1. The summed E-state index contributed by atoms with van der Waals surface area (Å²) in [6, 6.07) is 0. The number of aryl methyl sites for hydroxylation is 1. The van der Waals surface area contributed by atoms with Gasteiger partial charge < -0.3 is 9.64 Å².